The van der Waals surface area contributed by atoms with Gasteiger partial charge in [-0.3, -0.25) is 37.3 Å². The van der Waals surface area contributed by atoms with E-state index in [1.165, 1.54) is 116 Å². The summed E-state index contributed by atoms with van der Waals surface area (Å²) in [5.74, 6) is 0.787. The number of unbranched alkanes of at least 4 members (excludes halogenated alkanes) is 29. The van der Waals surface area contributed by atoms with E-state index in [2.05, 4.69) is 55.4 Å². The van der Waals surface area contributed by atoms with E-state index in [1.54, 1.807) is 0 Å². The standard InChI is InChI=1S/C67H130O17P2/c1-9-60(8)46-38-30-24-26-32-40-48-65(70)78-54-63(83-66(71)49-41-33-21-17-13-11-10-12-15-19-27-35-43-57(2)3)56-82-86(75,76)80-52-61(68)51-79-85(73,74)81-55-62(53-77-64(69)47-39-31-25-23-29-37-45-59(6)7)84-67(72)50-42-34-22-18-14-16-20-28-36-44-58(4)5/h57-63,68H,9-56H2,1-8H3,(H,73,74)(H,75,76)/t60?,61-,62+,63+/m0/s1. The molecule has 0 aliphatic heterocycles. The maximum atomic E-state index is 13.0. The van der Waals surface area contributed by atoms with Gasteiger partial charge >= 0.3 is 39.5 Å². The van der Waals surface area contributed by atoms with Crippen LogP contribution in [0.4, 0.5) is 0 Å². The Balaban J connectivity index is 5.25. The number of rotatable bonds is 64. The summed E-state index contributed by atoms with van der Waals surface area (Å²) >= 11 is 0. The van der Waals surface area contributed by atoms with E-state index in [0.29, 0.717) is 31.6 Å². The largest absolute Gasteiger partial charge is 0.472 e. The summed E-state index contributed by atoms with van der Waals surface area (Å²) in [7, 11) is -9.90. The van der Waals surface area contributed by atoms with Crippen molar-refractivity contribution in [2.45, 2.75) is 343 Å². The molecular weight excluding hydrogens is 1140 g/mol. The molecule has 0 amide bonds. The van der Waals surface area contributed by atoms with Gasteiger partial charge < -0.3 is 33.8 Å². The van der Waals surface area contributed by atoms with E-state index in [0.717, 1.165) is 120 Å². The Morgan fingerprint density at radius 2 is 0.558 bits per heavy atom. The molecule has 0 rings (SSSR count). The monoisotopic (exact) mass is 1270 g/mol. The molecule has 19 heteroatoms. The minimum absolute atomic E-state index is 0.103. The van der Waals surface area contributed by atoms with Crippen molar-refractivity contribution in [2.75, 3.05) is 39.6 Å². The van der Waals surface area contributed by atoms with Crippen molar-refractivity contribution in [3.8, 4) is 0 Å². The van der Waals surface area contributed by atoms with Crippen LogP contribution in [0, 0.1) is 23.7 Å². The number of esters is 4. The Kier molecular flexibility index (Phi) is 55.7. The average Bonchev–Trinajstić information content (AvgIpc) is 3.63. The Hall–Kier alpha value is -1.94. The Morgan fingerprint density at radius 3 is 0.826 bits per heavy atom. The molecule has 510 valence electrons. The highest BCUT2D eigenvalue weighted by Crippen LogP contribution is 2.45. The summed E-state index contributed by atoms with van der Waals surface area (Å²) in [4.78, 5) is 72.3. The maximum Gasteiger partial charge on any atom is 0.472 e. The van der Waals surface area contributed by atoms with Crippen molar-refractivity contribution in [3.63, 3.8) is 0 Å². The van der Waals surface area contributed by atoms with Crippen LogP contribution in [0.1, 0.15) is 325 Å². The number of hydrogen-bond acceptors (Lipinski definition) is 15. The van der Waals surface area contributed by atoms with E-state index in [4.69, 9.17) is 37.0 Å². The Labute approximate surface area is 524 Å². The molecule has 0 heterocycles. The van der Waals surface area contributed by atoms with Gasteiger partial charge in [-0.2, -0.15) is 0 Å². The van der Waals surface area contributed by atoms with Crippen LogP contribution in [0.2, 0.25) is 0 Å². The first kappa shape index (κ1) is 84.1. The second-order valence-electron chi connectivity index (χ2n) is 25.9. The van der Waals surface area contributed by atoms with E-state index in [9.17, 15) is 43.2 Å². The van der Waals surface area contributed by atoms with E-state index in [1.807, 2.05) is 0 Å². The third kappa shape index (κ3) is 59.7. The van der Waals surface area contributed by atoms with Crippen LogP contribution < -0.4 is 0 Å². The number of hydrogen-bond donors (Lipinski definition) is 3. The number of carbonyl (C=O) groups is 4. The lowest BCUT2D eigenvalue weighted by atomic mass is 10.00. The fraction of sp³-hybridized carbons (Fsp3) is 0.940. The minimum atomic E-state index is -4.95. The zero-order chi connectivity index (χ0) is 63.9. The van der Waals surface area contributed by atoms with Gasteiger partial charge in [0, 0.05) is 25.7 Å². The predicted molar refractivity (Wildman–Crippen MR) is 344 cm³/mol. The molecule has 0 aliphatic rings. The lowest BCUT2D eigenvalue weighted by molar-refractivity contribution is -0.161. The van der Waals surface area contributed by atoms with Gasteiger partial charge in [0.05, 0.1) is 26.4 Å². The first-order valence-corrected chi connectivity index (χ1v) is 37.7. The Bertz CT molecular complexity index is 1720. The second-order valence-corrected chi connectivity index (χ2v) is 28.8. The van der Waals surface area contributed by atoms with Crippen LogP contribution in [0.3, 0.4) is 0 Å². The van der Waals surface area contributed by atoms with Crippen LogP contribution in [0.25, 0.3) is 0 Å². The molecule has 0 aromatic heterocycles. The van der Waals surface area contributed by atoms with Crippen molar-refractivity contribution in [2.24, 2.45) is 23.7 Å². The van der Waals surface area contributed by atoms with Gasteiger partial charge in [0.15, 0.2) is 12.2 Å². The molecule has 0 saturated carbocycles. The van der Waals surface area contributed by atoms with E-state index in [-0.39, 0.29) is 25.7 Å². The van der Waals surface area contributed by atoms with Crippen LogP contribution >= 0.6 is 15.6 Å². The van der Waals surface area contributed by atoms with Crippen LogP contribution in [-0.2, 0) is 65.4 Å². The lowest BCUT2D eigenvalue weighted by Crippen LogP contribution is -2.30. The number of phosphoric ester groups is 2. The summed E-state index contributed by atoms with van der Waals surface area (Å²) in [6, 6.07) is 0. The Morgan fingerprint density at radius 1 is 0.326 bits per heavy atom. The molecule has 0 bridgehead atoms. The number of aliphatic hydroxyl groups excluding tert-OH is 1. The molecule has 0 saturated heterocycles. The second kappa shape index (κ2) is 57.0. The smallest absolute Gasteiger partial charge is 0.462 e. The van der Waals surface area contributed by atoms with Gasteiger partial charge in [0.25, 0.3) is 0 Å². The summed E-state index contributed by atoms with van der Waals surface area (Å²) in [6.07, 6.45) is 37.7. The van der Waals surface area contributed by atoms with Crippen molar-refractivity contribution in [3.05, 3.63) is 0 Å². The quantitative estimate of drug-likeness (QED) is 0.0222. The molecule has 0 aromatic carbocycles. The molecular formula is C67H130O17P2. The van der Waals surface area contributed by atoms with Crippen molar-refractivity contribution in [1.82, 2.24) is 0 Å². The third-order valence-corrected chi connectivity index (χ3v) is 17.6. The number of ether oxygens (including phenoxy) is 4. The van der Waals surface area contributed by atoms with Crippen molar-refractivity contribution in [1.29, 1.82) is 0 Å². The van der Waals surface area contributed by atoms with Crippen molar-refractivity contribution < 1.29 is 80.2 Å². The van der Waals surface area contributed by atoms with Gasteiger partial charge in [-0.25, -0.2) is 9.13 Å². The normalized spacial score (nSPS) is 14.7. The molecule has 3 unspecified atom stereocenters. The minimum Gasteiger partial charge on any atom is -0.462 e. The molecule has 86 heavy (non-hydrogen) atoms. The van der Waals surface area contributed by atoms with Crippen LogP contribution in [0.15, 0.2) is 0 Å². The van der Waals surface area contributed by atoms with Crippen molar-refractivity contribution >= 4 is 39.5 Å². The fourth-order valence-corrected chi connectivity index (χ4v) is 11.5. The first-order valence-electron chi connectivity index (χ1n) is 34.7. The average molecular weight is 1270 g/mol. The summed E-state index contributed by atoms with van der Waals surface area (Å²) in [5, 5.41) is 10.6. The highest BCUT2D eigenvalue weighted by atomic mass is 31.2. The van der Waals surface area contributed by atoms with Crippen LogP contribution in [-0.4, -0.2) is 96.7 Å². The molecule has 0 aliphatic carbocycles. The number of aliphatic hydroxyl groups is 1. The molecule has 0 fully saturated rings. The molecule has 0 radical (unpaired) electrons. The number of phosphoric acid groups is 2. The highest BCUT2D eigenvalue weighted by Gasteiger charge is 2.30. The predicted octanol–water partition coefficient (Wildman–Crippen LogP) is 18.5. The summed E-state index contributed by atoms with van der Waals surface area (Å²) < 4.78 is 68.1. The summed E-state index contributed by atoms with van der Waals surface area (Å²) in [5.41, 5.74) is 0. The van der Waals surface area contributed by atoms with Gasteiger partial charge in [0.2, 0.25) is 0 Å². The zero-order valence-electron chi connectivity index (χ0n) is 55.9. The van der Waals surface area contributed by atoms with Gasteiger partial charge in [-0.15, -0.1) is 0 Å². The third-order valence-electron chi connectivity index (χ3n) is 15.7. The van der Waals surface area contributed by atoms with Gasteiger partial charge in [-0.05, 0) is 49.4 Å². The van der Waals surface area contributed by atoms with E-state index >= 15 is 0 Å². The molecule has 0 spiro atoms. The number of carbonyl (C=O) groups excluding carboxylic acids is 4. The summed E-state index contributed by atoms with van der Waals surface area (Å²) in [6.45, 7) is 14.0. The maximum absolute atomic E-state index is 13.0. The molecule has 17 nitrogen and oxygen atoms in total. The fourth-order valence-electron chi connectivity index (χ4n) is 9.93. The first-order chi connectivity index (χ1) is 41.1. The van der Waals surface area contributed by atoms with Crippen LogP contribution in [0.5, 0.6) is 0 Å². The SMILES string of the molecule is CCC(C)CCCCCCCCC(=O)OC[C@H](COP(=O)(O)OC[C@@H](O)COP(=O)(O)OC[C@@H](COC(=O)CCCCCCCCC(C)C)OC(=O)CCCCCCCCCCCC(C)C)OC(=O)CCCCCCCCCCCCCCC(C)C. The topological polar surface area (TPSA) is 237 Å². The zero-order valence-corrected chi connectivity index (χ0v) is 57.7. The molecule has 6 atom stereocenters. The van der Waals surface area contributed by atoms with Gasteiger partial charge in [-0.1, -0.05) is 274 Å². The molecule has 0 aromatic rings. The molecule has 3 N–H and O–H groups in total. The lowest BCUT2D eigenvalue weighted by Gasteiger charge is -2.21. The van der Waals surface area contributed by atoms with Gasteiger partial charge in [0.1, 0.15) is 19.3 Å². The highest BCUT2D eigenvalue weighted by molar-refractivity contribution is 7.47. The van der Waals surface area contributed by atoms with E-state index < -0.39 is 97.5 Å².